The topological polar surface area (TPSA) is 35.5 Å². The van der Waals surface area contributed by atoms with Crippen molar-refractivity contribution < 1.29 is 5.11 Å². The van der Waals surface area contributed by atoms with Crippen LogP contribution < -0.4 is 5.32 Å². The first-order valence-electron chi connectivity index (χ1n) is 7.85. The van der Waals surface area contributed by atoms with Gasteiger partial charge >= 0.3 is 0 Å². The minimum absolute atomic E-state index is 0.142. The fourth-order valence-electron chi connectivity index (χ4n) is 2.96. The van der Waals surface area contributed by atoms with Gasteiger partial charge in [0.25, 0.3) is 0 Å². The van der Waals surface area contributed by atoms with Crippen molar-refractivity contribution >= 4 is 0 Å². The van der Waals surface area contributed by atoms with Crippen molar-refractivity contribution in [1.82, 2.24) is 10.2 Å². The number of aliphatic hydroxyl groups excluding tert-OH is 1. The molecule has 1 aromatic rings. The van der Waals surface area contributed by atoms with Gasteiger partial charge in [0.2, 0.25) is 0 Å². The highest BCUT2D eigenvalue weighted by atomic mass is 16.3. The summed E-state index contributed by atoms with van der Waals surface area (Å²) in [5.41, 5.74) is 2.62. The molecule has 1 aliphatic heterocycles. The molecule has 0 aliphatic carbocycles. The molecule has 2 N–H and O–H groups in total. The maximum atomic E-state index is 9.78. The Morgan fingerprint density at radius 1 is 1.15 bits per heavy atom. The molecule has 3 nitrogen and oxygen atoms in total. The van der Waals surface area contributed by atoms with Crippen LogP contribution in [-0.2, 0) is 6.42 Å². The van der Waals surface area contributed by atoms with Crippen molar-refractivity contribution in [2.75, 3.05) is 32.8 Å². The molecule has 1 fully saturated rings. The molecular formula is C17H28N2O. The third-order valence-corrected chi connectivity index (χ3v) is 4.00. The molecule has 1 aromatic carbocycles. The van der Waals surface area contributed by atoms with Crippen LogP contribution in [0.25, 0.3) is 0 Å². The van der Waals surface area contributed by atoms with Crippen LogP contribution in [0.5, 0.6) is 0 Å². The van der Waals surface area contributed by atoms with Crippen molar-refractivity contribution in [2.45, 2.75) is 32.7 Å². The Morgan fingerprint density at radius 3 is 2.55 bits per heavy atom. The number of rotatable bonds is 5. The lowest BCUT2D eigenvalue weighted by molar-refractivity contribution is 0.130. The zero-order valence-electron chi connectivity index (χ0n) is 12.8. The standard InChI is InChI=1S/C17H28N2O/c1-14(2)12-15-4-6-16(7-5-15)17(13-20)19-10-3-8-18-9-11-19/h4-7,14,17-18,20H,3,8-13H2,1-2H3. The first-order chi connectivity index (χ1) is 9.70. The molecule has 0 saturated carbocycles. The van der Waals surface area contributed by atoms with E-state index in [9.17, 15) is 5.11 Å². The Labute approximate surface area is 123 Å². The summed E-state index contributed by atoms with van der Waals surface area (Å²) >= 11 is 0. The first kappa shape index (κ1) is 15.5. The van der Waals surface area contributed by atoms with E-state index in [4.69, 9.17) is 0 Å². The summed E-state index contributed by atoms with van der Waals surface area (Å²) in [4.78, 5) is 2.40. The molecule has 1 saturated heterocycles. The van der Waals surface area contributed by atoms with Gasteiger partial charge in [-0.3, -0.25) is 4.90 Å². The Balaban J connectivity index is 2.06. The Hall–Kier alpha value is -0.900. The Bertz CT molecular complexity index is 380. The number of aliphatic hydroxyl groups is 1. The maximum absolute atomic E-state index is 9.78. The van der Waals surface area contributed by atoms with Gasteiger partial charge in [-0.05, 0) is 36.4 Å². The zero-order chi connectivity index (χ0) is 14.4. The summed E-state index contributed by atoms with van der Waals surface area (Å²) < 4.78 is 0. The highest BCUT2D eigenvalue weighted by molar-refractivity contribution is 5.25. The molecule has 112 valence electrons. The minimum Gasteiger partial charge on any atom is -0.394 e. The largest absolute Gasteiger partial charge is 0.394 e. The molecular weight excluding hydrogens is 248 g/mol. The van der Waals surface area contributed by atoms with Gasteiger partial charge in [0.05, 0.1) is 12.6 Å². The molecule has 0 spiro atoms. The van der Waals surface area contributed by atoms with Gasteiger partial charge in [0, 0.05) is 19.6 Å². The predicted octanol–water partition coefficient (Wildman–Crippen LogP) is 2.21. The monoisotopic (exact) mass is 276 g/mol. The van der Waals surface area contributed by atoms with Crippen LogP contribution in [0, 0.1) is 5.92 Å². The quantitative estimate of drug-likeness (QED) is 0.865. The average Bonchev–Trinajstić information content (AvgIpc) is 2.70. The number of nitrogens with one attached hydrogen (secondary N) is 1. The molecule has 0 bridgehead atoms. The number of nitrogens with zero attached hydrogens (tertiary/aromatic N) is 1. The zero-order valence-corrected chi connectivity index (χ0v) is 12.8. The van der Waals surface area contributed by atoms with Crippen LogP contribution >= 0.6 is 0 Å². The molecule has 1 atom stereocenters. The van der Waals surface area contributed by atoms with Crippen molar-refractivity contribution in [1.29, 1.82) is 0 Å². The fraction of sp³-hybridized carbons (Fsp3) is 0.647. The number of hydrogen-bond donors (Lipinski definition) is 2. The fourth-order valence-corrected chi connectivity index (χ4v) is 2.96. The second-order valence-corrected chi connectivity index (χ2v) is 6.18. The van der Waals surface area contributed by atoms with Gasteiger partial charge in [-0.2, -0.15) is 0 Å². The molecule has 0 aromatic heterocycles. The third kappa shape index (κ3) is 4.30. The lowest BCUT2D eigenvalue weighted by Crippen LogP contribution is -2.34. The molecule has 1 unspecified atom stereocenters. The first-order valence-corrected chi connectivity index (χ1v) is 7.85. The van der Waals surface area contributed by atoms with E-state index in [-0.39, 0.29) is 12.6 Å². The molecule has 1 aliphatic rings. The van der Waals surface area contributed by atoms with Crippen LogP contribution in [0.15, 0.2) is 24.3 Å². The van der Waals surface area contributed by atoms with Gasteiger partial charge in [0.1, 0.15) is 0 Å². The van der Waals surface area contributed by atoms with Gasteiger partial charge in [-0.1, -0.05) is 38.1 Å². The lowest BCUT2D eigenvalue weighted by Gasteiger charge is -2.29. The second kappa shape index (κ2) is 7.77. The normalized spacial score (nSPS) is 19.0. The van der Waals surface area contributed by atoms with E-state index in [2.05, 4.69) is 48.3 Å². The van der Waals surface area contributed by atoms with E-state index >= 15 is 0 Å². The van der Waals surface area contributed by atoms with Crippen LogP contribution in [0.2, 0.25) is 0 Å². The SMILES string of the molecule is CC(C)Cc1ccc(C(CO)N2CCCNCC2)cc1. The van der Waals surface area contributed by atoms with Crippen molar-refractivity contribution in [3.8, 4) is 0 Å². The Morgan fingerprint density at radius 2 is 1.90 bits per heavy atom. The molecule has 3 heteroatoms. The second-order valence-electron chi connectivity index (χ2n) is 6.18. The number of benzene rings is 1. The molecule has 2 rings (SSSR count). The van der Waals surface area contributed by atoms with Crippen LogP contribution in [0.1, 0.15) is 37.4 Å². The van der Waals surface area contributed by atoms with Crippen LogP contribution in [0.3, 0.4) is 0 Å². The van der Waals surface area contributed by atoms with Gasteiger partial charge in [-0.15, -0.1) is 0 Å². The van der Waals surface area contributed by atoms with Crippen molar-refractivity contribution in [3.63, 3.8) is 0 Å². The Kier molecular flexibility index (Phi) is 6.02. The van der Waals surface area contributed by atoms with Crippen molar-refractivity contribution in [2.24, 2.45) is 5.92 Å². The van der Waals surface area contributed by atoms with E-state index < -0.39 is 0 Å². The third-order valence-electron chi connectivity index (χ3n) is 4.00. The molecule has 20 heavy (non-hydrogen) atoms. The van der Waals surface area contributed by atoms with E-state index in [0.717, 1.165) is 39.0 Å². The summed E-state index contributed by atoms with van der Waals surface area (Å²) in [5, 5.41) is 13.2. The van der Waals surface area contributed by atoms with Crippen molar-refractivity contribution in [3.05, 3.63) is 35.4 Å². The molecule has 0 radical (unpaired) electrons. The van der Waals surface area contributed by atoms with E-state index in [1.165, 1.54) is 11.1 Å². The van der Waals surface area contributed by atoms with Gasteiger partial charge in [-0.25, -0.2) is 0 Å². The summed E-state index contributed by atoms with van der Waals surface area (Å²) in [7, 11) is 0. The summed E-state index contributed by atoms with van der Waals surface area (Å²) in [5.74, 6) is 0.686. The molecule has 0 amide bonds. The average molecular weight is 276 g/mol. The lowest BCUT2D eigenvalue weighted by atomic mass is 9.99. The molecule has 1 heterocycles. The van der Waals surface area contributed by atoms with E-state index in [1.54, 1.807) is 0 Å². The maximum Gasteiger partial charge on any atom is 0.0628 e. The highest BCUT2D eigenvalue weighted by Crippen LogP contribution is 2.22. The predicted molar refractivity (Wildman–Crippen MR) is 83.9 cm³/mol. The van der Waals surface area contributed by atoms with Gasteiger partial charge in [0.15, 0.2) is 0 Å². The number of hydrogen-bond acceptors (Lipinski definition) is 3. The van der Waals surface area contributed by atoms with Crippen LogP contribution in [-0.4, -0.2) is 42.8 Å². The van der Waals surface area contributed by atoms with Gasteiger partial charge < -0.3 is 10.4 Å². The highest BCUT2D eigenvalue weighted by Gasteiger charge is 2.20. The smallest absolute Gasteiger partial charge is 0.0628 e. The summed E-state index contributed by atoms with van der Waals surface area (Å²) in [6.45, 7) is 8.86. The van der Waals surface area contributed by atoms with E-state index in [0.29, 0.717) is 5.92 Å². The summed E-state index contributed by atoms with van der Waals surface area (Å²) in [6.07, 6.45) is 2.28. The van der Waals surface area contributed by atoms with Crippen LogP contribution in [0.4, 0.5) is 0 Å². The summed E-state index contributed by atoms with van der Waals surface area (Å²) in [6, 6.07) is 8.96. The minimum atomic E-state index is 0.142. The van der Waals surface area contributed by atoms with E-state index in [1.807, 2.05) is 0 Å².